The third kappa shape index (κ3) is 2.99. The summed E-state index contributed by atoms with van der Waals surface area (Å²) in [5.74, 6) is 0. The highest BCUT2D eigenvalue weighted by Crippen LogP contribution is 2.30. The maximum Gasteiger partial charge on any atom is 0.417 e. The molecule has 0 aliphatic rings. The van der Waals surface area contributed by atoms with Gasteiger partial charge in [-0.15, -0.1) is 0 Å². The van der Waals surface area contributed by atoms with Crippen LogP contribution in [0.15, 0.2) is 36.5 Å². The first kappa shape index (κ1) is 14.5. The minimum absolute atomic E-state index is 0.199. The zero-order valence-corrected chi connectivity index (χ0v) is 11.1. The molecule has 0 radical (unpaired) electrons. The standard InChI is InChI=1S/C15H14F3NO/c1-9-3-5-12(10(2)7-9)14(20)13-6-4-11(8-19-13)15(16,17)18/h3-8,14,20H,1-2H3. The van der Waals surface area contributed by atoms with Crippen LogP contribution < -0.4 is 0 Å². The Morgan fingerprint density at radius 1 is 1.10 bits per heavy atom. The molecule has 2 nitrogen and oxygen atoms in total. The van der Waals surface area contributed by atoms with Crippen LogP contribution in [-0.4, -0.2) is 10.1 Å². The fourth-order valence-electron chi connectivity index (χ4n) is 2.03. The van der Waals surface area contributed by atoms with Crippen molar-refractivity contribution in [1.82, 2.24) is 4.98 Å². The average molecular weight is 281 g/mol. The van der Waals surface area contributed by atoms with Gasteiger partial charge in [0.05, 0.1) is 11.3 Å². The third-order valence-corrected chi connectivity index (χ3v) is 3.11. The predicted octanol–water partition coefficient (Wildman–Crippen LogP) is 3.80. The molecule has 0 bridgehead atoms. The first-order valence-corrected chi connectivity index (χ1v) is 6.07. The summed E-state index contributed by atoms with van der Waals surface area (Å²) >= 11 is 0. The van der Waals surface area contributed by atoms with Gasteiger partial charge in [-0.3, -0.25) is 4.98 Å². The van der Waals surface area contributed by atoms with Gasteiger partial charge in [0.2, 0.25) is 0 Å². The molecule has 0 saturated heterocycles. The number of rotatable bonds is 2. The Bertz CT molecular complexity index is 606. The zero-order valence-electron chi connectivity index (χ0n) is 11.1. The average Bonchev–Trinajstić information content (AvgIpc) is 2.37. The molecule has 2 rings (SSSR count). The van der Waals surface area contributed by atoms with E-state index in [-0.39, 0.29) is 5.69 Å². The van der Waals surface area contributed by atoms with E-state index in [9.17, 15) is 18.3 Å². The summed E-state index contributed by atoms with van der Waals surface area (Å²) in [6.07, 6.45) is -4.71. The normalized spacial score (nSPS) is 13.3. The molecule has 5 heteroatoms. The Hall–Kier alpha value is -1.88. The van der Waals surface area contributed by atoms with Crippen molar-refractivity contribution in [3.63, 3.8) is 0 Å². The molecule has 1 aromatic heterocycles. The fourth-order valence-corrected chi connectivity index (χ4v) is 2.03. The van der Waals surface area contributed by atoms with Gasteiger partial charge in [0.1, 0.15) is 6.10 Å². The number of hydrogen-bond donors (Lipinski definition) is 1. The number of aryl methyl sites for hydroxylation is 2. The molecule has 0 amide bonds. The van der Waals surface area contributed by atoms with Gasteiger partial charge in [-0.1, -0.05) is 23.8 Å². The van der Waals surface area contributed by atoms with E-state index in [1.54, 1.807) is 6.07 Å². The Balaban J connectivity index is 2.31. The molecule has 1 atom stereocenters. The molecule has 2 aromatic rings. The molecule has 1 unspecified atom stereocenters. The molecule has 1 N–H and O–H groups in total. The molecule has 0 fully saturated rings. The third-order valence-electron chi connectivity index (χ3n) is 3.11. The van der Waals surface area contributed by atoms with Crippen LogP contribution in [0, 0.1) is 13.8 Å². The lowest BCUT2D eigenvalue weighted by atomic mass is 9.98. The van der Waals surface area contributed by atoms with Crippen molar-refractivity contribution < 1.29 is 18.3 Å². The zero-order chi connectivity index (χ0) is 14.9. The Labute approximate surface area is 114 Å². The molecule has 0 aliphatic heterocycles. The van der Waals surface area contributed by atoms with Crippen molar-refractivity contribution in [3.05, 3.63) is 64.5 Å². The number of pyridine rings is 1. The molecule has 0 aliphatic carbocycles. The molecule has 1 aromatic carbocycles. The van der Waals surface area contributed by atoms with Gasteiger partial charge in [-0.05, 0) is 37.1 Å². The van der Waals surface area contributed by atoms with E-state index in [0.29, 0.717) is 5.56 Å². The molecule has 0 spiro atoms. The van der Waals surface area contributed by atoms with Crippen LogP contribution in [0.25, 0.3) is 0 Å². The SMILES string of the molecule is Cc1ccc(C(O)c2ccc(C(F)(F)F)cn2)c(C)c1. The van der Waals surface area contributed by atoms with Gasteiger partial charge in [-0.25, -0.2) is 0 Å². The van der Waals surface area contributed by atoms with Crippen molar-refractivity contribution in [2.24, 2.45) is 0 Å². The van der Waals surface area contributed by atoms with Gasteiger partial charge in [0, 0.05) is 6.20 Å². The van der Waals surface area contributed by atoms with Crippen molar-refractivity contribution in [2.75, 3.05) is 0 Å². The van der Waals surface area contributed by atoms with Gasteiger partial charge in [0.15, 0.2) is 0 Å². The number of benzene rings is 1. The summed E-state index contributed by atoms with van der Waals surface area (Å²) in [6.45, 7) is 3.77. The van der Waals surface area contributed by atoms with E-state index in [1.807, 2.05) is 26.0 Å². The fraction of sp³-hybridized carbons (Fsp3) is 0.267. The minimum atomic E-state index is -4.42. The van der Waals surface area contributed by atoms with Crippen LogP contribution in [0.1, 0.15) is 34.1 Å². The summed E-state index contributed by atoms with van der Waals surface area (Å²) in [4.78, 5) is 3.71. The highest BCUT2D eigenvalue weighted by molar-refractivity contribution is 5.36. The van der Waals surface area contributed by atoms with Crippen LogP contribution in [0.3, 0.4) is 0 Å². The van der Waals surface area contributed by atoms with E-state index in [1.165, 1.54) is 6.07 Å². The topological polar surface area (TPSA) is 33.1 Å². The Morgan fingerprint density at radius 3 is 2.30 bits per heavy atom. The van der Waals surface area contributed by atoms with E-state index in [2.05, 4.69) is 4.98 Å². The molecular formula is C15H14F3NO. The molecule has 1 heterocycles. The number of hydrogen-bond acceptors (Lipinski definition) is 2. The van der Waals surface area contributed by atoms with E-state index >= 15 is 0 Å². The van der Waals surface area contributed by atoms with Gasteiger partial charge < -0.3 is 5.11 Å². The first-order chi connectivity index (χ1) is 9.29. The number of alkyl halides is 3. The number of aliphatic hydroxyl groups is 1. The lowest BCUT2D eigenvalue weighted by molar-refractivity contribution is -0.137. The first-order valence-electron chi connectivity index (χ1n) is 6.07. The second kappa shape index (κ2) is 5.25. The predicted molar refractivity (Wildman–Crippen MR) is 69.2 cm³/mol. The van der Waals surface area contributed by atoms with Crippen molar-refractivity contribution in [1.29, 1.82) is 0 Å². The Kier molecular flexibility index (Phi) is 3.81. The maximum atomic E-state index is 12.4. The molecular weight excluding hydrogens is 267 g/mol. The highest BCUT2D eigenvalue weighted by Gasteiger charge is 2.31. The molecule has 20 heavy (non-hydrogen) atoms. The smallest absolute Gasteiger partial charge is 0.382 e. The number of aliphatic hydroxyl groups excluding tert-OH is 1. The summed E-state index contributed by atoms with van der Waals surface area (Å²) < 4.78 is 37.3. The minimum Gasteiger partial charge on any atom is -0.382 e. The number of aromatic nitrogens is 1. The van der Waals surface area contributed by atoms with Crippen molar-refractivity contribution >= 4 is 0 Å². The van der Waals surface area contributed by atoms with Crippen LogP contribution in [0.5, 0.6) is 0 Å². The van der Waals surface area contributed by atoms with E-state index in [4.69, 9.17) is 0 Å². The molecule has 106 valence electrons. The van der Waals surface area contributed by atoms with E-state index in [0.717, 1.165) is 23.4 Å². The van der Waals surface area contributed by atoms with Crippen LogP contribution in [-0.2, 0) is 6.18 Å². The monoisotopic (exact) mass is 281 g/mol. The van der Waals surface area contributed by atoms with Gasteiger partial charge in [-0.2, -0.15) is 13.2 Å². The molecule has 0 saturated carbocycles. The second-order valence-corrected chi connectivity index (χ2v) is 4.73. The summed E-state index contributed by atoms with van der Waals surface area (Å²) in [6, 6.07) is 7.63. The second-order valence-electron chi connectivity index (χ2n) is 4.73. The quantitative estimate of drug-likeness (QED) is 0.908. The van der Waals surface area contributed by atoms with Gasteiger partial charge >= 0.3 is 6.18 Å². The maximum absolute atomic E-state index is 12.4. The highest BCUT2D eigenvalue weighted by atomic mass is 19.4. The summed E-state index contributed by atoms with van der Waals surface area (Å²) in [5, 5.41) is 10.2. The summed E-state index contributed by atoms with van der Waals surface area (Å²) in [5.41, 5.74) is 1.94. The lowest BCUT2D eigenvalue weighted by Gasteiger charge is -2.14. The Morgan fingerprint density at radius 2 is 1.80 bits per heavy atom. The van der Waals surface area contributed by atoms with Crippen molar-refractivity contribution in [3.8, 4) is 0 Å². The van der Waals surface area contributed by atoms with Crippen LogP contribution in [0.4, 0.5) is 13.2 Å². The number of halogens is 3. The van der Waals surface area contributed by atoms with Crippen molar-refractivity contribution in [2.45, 2.75) is 26.1 Å². The largest absolute Gasteiger partial charge is 0.417 e. The summed E-state index contributed by atoms with van der Waals surface area (Å²) in [7, 11) is 0. The number of nitrogens with zero attached hydrogens (tertiary/aromatic N) is 1. The lowest BCUT2D eigenvalue weighted by Crippen LogP contribution is -2.09. The van der Waals surface area contributed by atoms with Gasteiger partial charge in [0.25, 0.3) is 0 Å². The van der Waals surface area contributed by atoms with Crippen LogP contribution in [0.2, 0.25) is 0 Å². The van der Waals surface area contributed by atoms with Crippen LogP contribution >= 0.6 is 0 Å². The van der Waals surface area contributed by atoms with E-state index < -0.39 is 17.8 Å².